The van der Waals surface area contributed by atoms with Crippen LogP contribution in [0.25, 0.3) is 0 Å². The second-order valence-corrected chi connectivity index (χ2v) is 4.82. The van der Waals surface area contributed by atoms with E-state index in [4.69, 9.17) is 10.5 Å². The van der Waals surface area contributed by atoms with Crippen LogP contribution in [0.4, 0.5) is 5.69 Å². The fraction of sp³-hybridized carbons (Fsp3) is 0.500. The number of amides is 1. The normalized spacial score (nSPS) is 12.5. The summed E-state index contributed by atoms with van der Waals surface area (Å²) in [6.45, 7) is 4.56. The molecule has 0 saturated heterocycles. The molecular formula is C14H22N2O2. The molecule has 0 fully saturated rings. The summed E-state index contributed by atoms with van der Waals surface area (Å²) in [5.74, 6) is 0.257. The van der Waals surface area contributed by atoms with Gasteiger partial charge in [0, 0.05) is 18.4 Å². The first-order valence-electron chi connectivity index (χ1n) is 6.18. The van der Waals surface area contributed by atoms with Crippen molar-refractivity contribution in [2.24, 2.45) is 11.7 Å². The van der Waals surface area contributed by atoms with Gasteiger partial charge in [0.05, 0.1) is 12.6 Å². The lowest BCUT2D eigenvalue weighted by molar-refractivity contribution is -0.117. The first kappa shape index (κ1) is 14.7. The van der Waals surface area contributed by atoms with E-state index < -0.39 is 6.04 Å². The minimum absolute atomic E-state index is 0.146. The quantitative estimate of drug-likeness (QED) is 0.813. The number of carbonyl (C=O) groups is 1. The SMILES string of the molecule is COCc1ccccc1NC(=O)C(N)CC(C)C. The molecule has 0 spiro atoms. The predicted octanol–water partition coefficient (Wildman–Crippen LogP) is 2.14. The van der Waals surface area contributed by atoms with E-state index >= 15 is 0 Å². The molecule has 1 aromatic rings. The number of anilines is 1. The van der Waals surface area contributed by atoms with Crippen LogP contribution >= 0.6 is 0 Å². The van der Waals surface area contributed by atoms with Crippen molar-refractivity contribution in [2.45, 2.75) is 32.9 Å². The topological polar surface area (TPSA) is 64.3 Å². The van der Waals surface area contributed by atoms with Crippen molar-refractivity contribution in [2.75, 3.05) is 12.4 Å². The highest BCUT2D eigenvalue weighted by molar-refractivity contribution is 5.95. The van der Waals surface area contributed by atoms with Crippen LogP contribution in [0.3, 0.4) is 0 Å². The number of nitrogens with two attached hydrogens (primary N) is 1. The standard InChI is InChI=1S/C14H22N2O2/c1-10(2)8-12(15)14(17)16-13-7-5-4-6-11(13)9-18-3/h4-7,10,12H,8-9,15H2,1-3H3,(H,16,17). The van der Waals surface area contributed by atoms with Gasteiger partial charge in [-0.1, -0.05) is 32.0 Å². The molecule has 0 radical (unpaired) electrons. The van der Waals surface area contributed by atoms with Crippen molar-refractivity contribution in [1.82, 2.24) is 0 Å². The molecule has 1 atom stereocenters. The van der Waals surface area contributed by atoms with Gasteiger partial charge in [-0.05, 0) is 18.4 Å². The molecule has 0 bridgehead atoms. The van der Waals surface area contributed by atoms with Gasteiger partial charge < -0.3 is 15.8 Å². The zero-order valence-electron chi connectivity index (χ0n) is 11.3. The van der Waals surface area contributed by atoms with Gasteiger partial charge >= 0.3 is 0 Å². The molecule has 18 heavy (non-hydrogen) atoms. The molecule has 3 N–H and O–H groups in total. The highest BCUT2D eigenvalue weighted by Gasteiger charge is 2.16. The zero-order chi connectivity index (χ0) is 13.5. The Kier molecular flexibility index (Phi) is 5.82. The van der Waals surface area contributed by atoms with Gasteiger partial charge in [-0.15, -0.1) is 0 Å². The summed E-state index contributed by atoms with van der Waals surface area (Å²) >= 11 is 0. The van der Waals surface area contributed by atoms with Gasteiger partial charge in [0.2, 0.25) is 5.91 Å². The summed E-state index contributed by atoms with van der Waals surface area (Å²) in [7, 11) is 1.63. The van der Waals surface area contributed by atoms with E-state index in [-0.39, 0.29) is 5.91 Å². The fourth-order valence-corrected chi connectivity index (χ4v) is 1.76. The molecule has 1 rings (SSSR count). The van der Waals surface area contributed by atoms with E-state index in [1.165, 1.54) is 0 Å². The monoisotopic (exact) mass is 250 g/mol. The van der Waals surface area contributed by atoms with Crippen LogP contribution in [0.5, 0.6) is 0 Å². The zero-order valence-corrected chi connectivity index (χ0v) is 11.3. The van der Waals surface area contributed by atoms with Gasteiger partial charge in [-0.3, -0.25) is 4.79 Å². The van der Waals surface area contributed by atoms with E-state index in [1.54, 1.807) is 7.11 Å². The summed E-state index contributed by atoms with van der Waals surface area (Å²) in [5, 5.41) is 2.86. The molecule has 1 amide bonds. The first-order valence-corrected chi connectivity index (χ1v) is 6.18. The molecule has 4 heteroatoms. The highest BCUT2D eigenvalue weighted by atomic mass is 16.5. The molecule has 4 nitrogen and oxygen atoms in total. The van der Waals surface area contributed by atoms with Crippen LogP contribution < -0.4 is 11.1 Å². The Balaban J connectivity index is 2.69. The van der Waals surface area contributed by atoms with Gasteiger partial charge in [0.15, 0.2) is 0 Å². The van der Waals surface area contributed by atoms with Crippen LogP contribution in [-0.4, -0.2) is 19.1 Å². The summed E-state index contributed by atoms with van der Waals surface area (Å²) in [4.78, 5) is 11.9. The Bertz CT molecular complexity index is 391. The van der Waals surface area contributed by atoms with Gasteiger partial charge in [-0.2, -0.15) is 0 Å². The molecular weight excluding hydrogens is 228 g/mol. The third-order valence-electron chi connectivity index (χ3n) is 2.64. The van der Waals surface area contributed by atoms with Crippen molar-refractivity contribution in [1.29, 1.82) is 0 Å². The average Bonchev–Trinajstić information content (AvgIpc) is 2.31. The van der Waals surface area contributed by atoms with Gasteiger partial charge in [-0.25, -0.2) is 0 Å². The Morgan fingerprint density at radius 1 is 1.39 bits per heavy atom. The molecule has 0 aliphatic carbocycles. The number of nitrogens with one attached hydrogen (secondary N) is 1. The summed E-state index contributed by atoms with van der Waals surface area (Å²) in [6.07, 6.45) is 0.679. The number of methoxy groups -OCH3 is 1. The molecule has 0 aromatic heterocycles. The van der Waals surface area contributed by atoms with Gasteiger partial charge in [0.25, 0.3) is 0 Å². The highest BCUT2D eigenvalue weighted by Crippen LogP contribution is 2.16. The lowest BCUT2D eigenvalue weighted by atomic mass is 10.0. The Morgan fingerprint density at radius 3 is 2.67 bits per heavy atom. The Morgan fingerprint density at radius 2 is 2.06 bits per heavy atom. The minimum Gasteiger partial charge on any atom is -0.380 e. The molecule has 0 aliphatic heterocycles. The molecule has 1 aromatic carbocycles. The van der Waals surface area contributed by atoms with Crippen molar-refractivity contribution in [3.63, 3.8) is 0 Å². The smallest absolute Gasteiger partial charge is 0.241 e. The van der Waals surface area contributed by atoms with Crippen LogP contribution in [0, 0.1) is 5.92 Å². The summed E-state index contributed by atoms with van der Waals surface area (Å²) < 4.78 is 5.09. The van der Waals surface area contributed by atoms with Crippen LogP contribution in [0.1, 0.15) is 25.8 Å². The van der Waals surface area contributed by atoms with E-state index in [2.05, 4.69) is 5.32 Å². The van der Waals surface area contributed by atoms with Crippen molar-refractivity contribution in [3.8, 4) is 0 Å². The third kappa shape index (κ3) is 4.47. The molecule has 0 saturated carbocycles. The maximum absolute atomic E-state index is 11.9. The minimum atomic E-state index is -0.472. The molecule has 0 heterocycles. The second-order valence-electron chi connectivity index (χ2n) is 4.82. The predicted molar refractivity (Wildman–Crippen MR) is 73.2 cm³/mol. The first-order chi connectivity index (χ1) is 8.54. The van der Waals surface area contributed by atoms with Crippen molar-refractivity contribution < 1.29 is 9.53 Å². The lowest BCUT2D eigenvalue weighted by Gasteiger charge is -2.16. The van der Waals surface area contributed by atoms with Crippen molar-refractivity contribution in [3.05, 3.63) is 29.8 Å². The number of hydrogen-bond acceptors (Lipinski definition) is 3. The number of hydrogen-bond donors (Lipinski definition) is 2. The van der Waals surface area contributed by atoms with Crippen LogP contribution in [-0.2, 0) is 16.1 Å². The maximum atomic E-state index is 11.9. The Labute approximate surface area is 109 Å². The Hall–Kier alpha value is -1.39. The molecule has 1 unspecified atom stereocenters. The van der Waals surface area contributed by atoms with Crippen LogP contribution in [0.15, 0.2) is 24.3 Å². The van der Waals surface area contributed by atoms with Gasteiger partial charge in [0.1, 0.15) is 0 Å². The van der Waals surface area contributed by atoms with E-state index in [9.17, 15) is 4.79 Å². The van der Waals surface area contributed by atoms with E-state index in [0.717, 1.165) is 11.3 Å². The van der Waals surface area contributed by atoms with Crippen molar-refractivity contribution >= 4 is 11.6 Å². The van der Waals surface area contributed by atoms with Crippen LogP contribution in [0.2, 0.25) is 0 Å². The van der Waals surface area contributed by atoms with E-state index in [0.29, 0.717) is 18.9 Å². The number of benzene rings is 1. The molecule has 0 aliphatic rings. The third-order valence-corrected chi connectivity index (χ3v) is 2.64. The largest absolute Gasteiger partial charge is 0.380 e. The number of rotatable bonds is 6. The molecule has 100 valence electrons. The summed E-state index contributed by atoms with van der Waals surface area (Å²) in [5.41, 5.74) is 7.56. The number of ether oxygens (including phenoxy) is 1. The fourth-order valence-electron chi connectivity index (χ4n) is 1.76. The number of para-hydroxylation sites is 1. The number of carbonyl (C=O) groups excluding carboxylic acids is 1. The maximum Gasteiger partial charge on any atom is 0.241 e. The summed E-state index contributed by atoms with van der Waals surface area (Å²) in [6, 6.07) is 7.10. The lowest BCUT2D eigenvalue weighted by Crippen LogP contribution is -2.36. The second kappa shape index (κ2) is 7.13. The average molecular weight is 250 g/mol. The van der Waals surface area contributed by atoms with E-state index in [1.807, 2.05) is 38.1 Å².